The van der Waals surface area contributed by atoms with Crippen molar-refractivity contribution in [3.63, 3.8) is 0 Å². The Morgan fingerprint density at radius 1 is 1.19 bits per heavy atom. The lowest BCUT2D eigenvalue weighted by atomic mass is 9.94. The molecule has 1 aromatic rings. The third-order valence-electron chi connectivity index (χ3n) is 3.70. The van der Waals surface area contributed by atoms with Crippen LogP contribution in [0.15, 0.2) is 24.3 Å². The van der Waals surface area contributed by atoms with Crippen molar-refractivity contribution in [3.8, 4) is 5.75 Å². The Morgan fingerprint density at radius 2 is 1.81 bits per heavy atom. The second-order valence-electron chi connectivity index (χ2n) is 6.76. The fourth-order valence-corrected chi connectivity index (χ4v) is 2.62. The molecule has 2 atom stereocenters. The molecule has 0 heterocycles. The summed E-state index contributed by atoms with van der Waals surface area (Å²) in [4.78, 5) is 0. The van der Waals surface area contributed by atoms with Crippen LogP contribution in [0.1, 0.15) is 46.1 Å². The van der Waals surface area contributed by atoms with Crippen LogP contribution in [0.2, 0.25) is 0 Å². The molecular formula is C18H31NO2. The summed E-state index contributed by atoms with van der Waals surface area (Å²) < 4.78 is 5.16. The maximum Gasteiger partial charge on any atom is 0.118 e. The average Bonchev–Trinajstić information content (AvgIpc) is 2.42. The molecule has 0 aliphatic rings. The molecule has 2 unspecified atom stereocenters. The Morgan fingerprint density at radius 3 is 2.33 bits per heavy atom. The van der Waals surface area contributed by atoms with Gasteiger partial charge in [-0.15, -0.1) is 0 Å². The maximum absolute atomic E-state index is 10.3. The summed E-state index contributed by atoms with van der Waals surface area (Å²) in [6.45, 7) is 9.02. The normalized spacial score (nSPS) is 15.8. The second-order valence-corrected chi connectivity index (χ2v) is 6.76. The summed E-state index contributed by atoms with van der Waals surface area (Å²) in [6, 6.07) is 8.62. The highest BCUT2D eigenvalue weighted by molar-refractivity contribution is 5.27. The quantitative estimate of drug-likeness (QED) is 0.733. The lowest BCUT2D eigenvalue weighted by Crippen LogP contribution is -2.42. The van der Waals surface area contributed by atoms with Crippen molar-refractivity contribution < 1.29 is 9.84 Å². The number of hydrogen-bond donors (Lipinski definition) is 2. The minimum atomic E-state index is -0.622. The van der Waals surface area contributed by atoms with Gasteiger partial charge < -0.3 is 15.2 Å². The van der Waals surface area contributed by atoms with Crippen LogP contribution < -0.4 is 10.1 Å². The number of aliphatic hydroxyl groups is 1. The average molecular weight is 293 g/mol. The summed E-state index contributed by atoms with van der Waals surface area (Å²) in [5.41, 5.74) is 0.695. The molecule has 1 rings (SSSR count). The molecular weight excluding hydrogens is 262 g/mol. The molecule has 0 saturated carbocycles. The standard InChI is InChI=1S/C18H31NO2/c1-14(2)12-18(4,20)13-19-15(3)6-7-16-8-10-17(21-5)11-9-16/h8-11,14-15,19-20H,6-7,12-13H2,1-5H3. The van der Waals surface area contributed by atoms with Gasteiger partial charge in [-0.1, -0.05) is 26.0 Å². The summed E-state index contributed by atoms with van der Waals surface area (Å²) >= 11 is 0. The zero-order valence-corrected chi connectivity index (χ0v) is 14.1. The maximum atomic E-state index is 10.3. The van der Waals surface area contributed by atoms with Crippen molar-refractivity contribution in [2.75, 3.05) is 13.7 Å². The number of rotatable bonds is 9. The van der Waals surface area contributed by atoms with Gasteiger partial charge in [0, 0.05) is 12.6 Å². The van der Waals surface area contributed by atoms with E-state index in [0.29, 0.717) is 18.5 Å². The third kappa shape index (κ3) is 7.49. The van der Waals surface area contributed by atoms with E-state index in [2.05, 4.69) is 38.2 Å². The van der Waals surface area contributed by atoms with E-state index in [-0.39, 0.29) is 0 Å². The van der Waals surface area contributed by atoms with E-state index in [0.717, 1.165) is 25.0 Å². The molecule has 2 N–H and O–H groups in total. The van der Waals surface area contributed by atoms with E-state index in [9.17, 15) is 5.11 Å². The summed E-state index contributed by atoms with van der Waals surface area (Å²) in [7, 11) is 1.68. The van der Waals surface area contributed by atoms with Gasteiger partial charge in [0.1, 0.15) is 5.75 Å². The van der Waals surface area contributed by atoms with Crippen LogP contribution in [-0.4, -0.2) is 30.4 Å². The molecule has 0 spiro atoms. The monoisotopic (exact) mass is 293 g/mol. The first-order valence-corrected chi connectivity index (χ1v) is 7.91. The number of aryl methyl sites for hydroxylation is 1. The number of nitrogens with one attached hydrogen (secondary N) is 1. The van der Waals surface area contributed by atoms with E-state index >= 15 is 0 Å². The molecule has 0 amide bonds. The van der Waals surface area contributed by atoms with Crippen molar-refractivity contribution in [1.29, 1.82) is 0 Å². The van der Waals surface area contributed by atoms with E-state index in [4.69, 9.17) is 4.74 Å². The molecule has 120 valence electrons. The number of methoxy groups -OCH3 is 1. The van der Waals surface area contributed by atoms with E-state index in [1.54, 1.807) is 7.11 Å². The Balaban J connectivity index is 2.31. The van der Waals surface area contributed by atoms with Crippen LogP contribution in [0, 0.1) is 5.92 Å². The Kier molecular flexibility index (Phi) is 7.20. The van der Waals surface area contributed by atoms with Crippen LogP contribution >= 0.6 is 0 Å². The van der Waals surface area contributed by atoms with Crippen molar-refractivity contribution in [3.05, 3.63) is 29.8 Å². The number of benzene rings is 1. The zero-order chi connectivity index (χ0) is 15.9. The third-order valence-corrected chi connectivity index (χ3v) is 3.70. The fourth-order valence-electron chi connectivity index (χ4n) is 2.62. The number of ether oxygens (including phenoxy) is 1. The van der Waals surface area contributed by atoms with Crippen molar-refractivity contribution in [2.24, 2.45) is 5.92 Å². The highest BCUT2D eigenvalue weighted by Crippen LogP contribution is 2.16. The van der Waals surface area contributed by atoms with E-state index < -0.39 is 5.60 Å². The second kappa shape index (κ2) is 8.40. The van der Waals surface area contributed by atoms with Crippen LogP contribution in [0.3, 0.4) is 0 Å². The molecule has 3 nitrogen and oxygen atoms in total. The van der Waals surface area contributed by atoms with Gasteiger partial charge in [0.25, 0.3) is 0 Å². The molecule has 0 aromatic heterocycles. The molecule has 21 heavy (non-hydrogen) atoms. The Labute approximate surface area is 129 Å². The van der Waals surface area contributed by atoms with Crippen LogP contribution in [0.4, 0.5) is 0 Å². The molecule has 0 bridgehead atoms. The molecule has 0 aliphatic heterocycles. The topological polar surface area (TPSA) is 41.5 Å². The van der Waals surface area contributed by atoms with Crippen molar-refractivity contribution in [1.82, 2.24) is 5.32 Å². The highest BCUT2D eigenvalue weighted by atomic mass is 16.5. The minimum absolute atomic E-state index is 0.394. The van der Waals surface area contributed by atoms with Crippen molar-refractivity contribution in [2.45, 2.75) is 58.6 Å². The van der Waals surface area contributed by atoms with Gasteiger partial charge in [-0.05, 0) is 56.7 Å². The largest absolute Gasteiger partial charge is 0.497 e. The summed E-state index contributed by atoms with van der Waals surface area (Å²) in [6.07, 6.45) is 2.92. The van der Waals surface area contributed by atoms with Gasteiger partial charge in [0.05, 0.1) is 12.7 Å². The number of hydrogen-bond acceptors (Lipinski definition) is 3. The molecule has 0 fully saturated rings. The molecule has 0 saturated heterocycles. The predicted molar refractivity (Wildman–Crippen MR) is 88.9 cm³/mol. The lowest BCUT2D eigenvalue weighted by molar-refractivity contribution is 0.0361. The van der Waals surface area contributed by atoms with Gasteiger partial charge in [0.15, 0.2) is 0 Å². The molecule has 3 heteroatoms. The highest BCUT2D eigenvalue weighted by Gasteiger charge is 2.22. The fraction of sp³-hybridized carbons (Fsp3) is 0.667. The zero-order valence-electron chi connectivity index (χ0n) is 14.1. The first-order chi connectivity index (χ1) is 9.82. The Bertz CT molecular complexity index is 398. The SMILES string of the molecule is COc1ccc(CCC(C)NCC(C)(O)CC(C)C)cc1. The Hall–Kier alpha value is -1.06. The molecule has 0 aliphatic carbocycles. The summed E-state index contributed by atoms with van der Waals surface area (Å²) in [5.74, 6) is 1.41. The van der Waals surface area contributed by atoms with Crippen LogP contribution in [-0.2, 0) is 6.42 Å². The summed E-state index contributed by atoms with van der Waals surface area (Å²) in [5, 5.41) is 13.7. The predicted octanol–water partition coefficient (Wildman–Crippen LogP) is 3.40. The first kappa shape index (κ1) is 18.0. The van der Waals surface area contributed by atoms with Gasteiger partial charge in [-0.25, -0.2) is 0 Å². The smallest absolute Gasteiger partial charge is 0.118 e. The molecule has 1 aromatic carbocycles. The van der Waals surface area contributed by atoms with Crippen molar-refractivity contribution >= 4 is 0 Å². The van der Waals surface area contributed by atoms with Crippen LogP contribution in [0.5, 0.6) is 5.75 Å². The van der Waals surface area contributed by atoms with Gasteiger partial charge >= 0.3 is 0 Å². The lowest BCUT2D eigenvalue weighted by Gasteiger charge is -2.27. The minimum Gasteiger partial charge on any atom is -0.497 e. The first-order valence-electron chi connectivity index (χ1n) is 7.91. The van der Waals surface area contributed by atoms with E-state index in [1.165, 1.54) is 5.56 Å². The molecule has 0 radical (unpaired) electrons. The van der Waals surface area contributed by atoms with Crippen LogP contribution in [0.25, 0.3) is 0 Å². The van der Waals surface area contributed by atoms with Gasteiger partial charge in [-0.3, -0.25) is 0 Å². The van der Waals surface area contributed by atoms with E-state index in [1.807, 2.05) is 19.1 Å². The van der Waals surface area contributed by atoms with Gasteiger partial charge in [-0.2, -0.15) is 0 Å². The van der Waals surface area contributed by atoms with Gasteiger partial charge in [0.2, 0.25) is 0 Å².